The Morgan fingerprint density at radius 1 is 1.64 bits per heavy atom. The molecule has 72 valence electrons. The highest BCUT2D eigenvalue weighted by molar-refractivity contribution is 5.73. The van der Waals surface area contributed by atoms with Crippen LogP contribution in [0.2, 0.25) is 0 Å². The third kappa shape index (κ3) is 1.56. The van der Waals surface area contributed by atoms with E-state index < -0.39 is 5.97 Å². The number of allylic oxidation sites excluding steroid dienone is 4. The summed E-state index contributed by atoms with van der Waals surface area (Å²) < 4.78 is 0. The molecule has 3 unspecified atom stereocenters. The molecule has 1 saturated carbocycles. The van der Waals surface area contributed by atoms with Gasteiger partial charge in [0.15, 0.2) is 0 Å². The van der Waals surface area contributed by atoms with Crippen molar-refractivity contribution >= 4 is 5.97 Å². The van der Waals surface area contributed by atoms with E-state index in [1.165, 1.54) is 0 Å². The first-order valence-corrected chi connectivity index (χ1v) is 4.73. The van der Waals surface area contributed by atoms with Gasteiger partial charge in [0.25, 0.3) is 0 Å². The van der Waals surface area contributed by atoms with E-state index in [0.29, 0.717) is 17.4 Å². The number of carboxylic acid groups (broad SMARTS) is 1. The lowest BCUT2D eigenvalue weighted by molar-refractivity contribution is -0.139. The van der Waals surface area contributed by atoms with Crippen molar-refractivity contribution in [3.8, 4) is 6.07 Å². The Hall–Kier alpha value is -1.56. The summed E-state index contributed by atoms with van der Waals surface area (Å²) in [4.78, 5) is 10.6. The number of nitriles is 1. The lowest BCUT2D eigenvalue weighted by Crippen LogP contribution is -2.07. The van der Waals surface area contributed by atoms with Gasteiger partial charge in [0.1, 0.15) is 0 Å². The largest absolute Gasteiger partial charge is 0.481 e. The van der Waals surface area contributed by atoms with E-state index in [0.717, 1.165) is 12.8 Å². The summed E-state index contributed by atoms with van der Waals surface area (Å²) in [6, 6.07) is 2.08. The molecule has 0 aromatic rings. The minimum absolute atomic E-state index is 0.151. The molecule has 2 aliphatic carbocycles. The summed E-state index contributed by atoms with van der Waals surface area (Å²) in [6.45, 7) is 0. The summed E-state index contributed by atoms with van der Waals surface area (Å²) in [5, 5.41) is 17.4. The molecule has 0 radical (unpaired) electrons. The molecule has 14 heavy (non-hydrogen) atoms. The number of rotatable bonds is 2. The van der Waals surface area contributed by atoms with Gasteiger partial charge in [-0.15, -0.1) is 0 Å². The normalized spacial score (nSPS) is 34.5. The van der Waals surface area contributed by atoms with Crippen molar-refractivity contribution in [1.82, 2.24) is 0 Å². The summed E-state index contributed by atoms with van der Waals surface area (Å²) in [5.41, 5.74) is 0.689. The van der Waals surface area contributed by atoms with Gasteiger partial charge < -0.3 is 5.11 Å². The average molecular weight is 189 g/mol. The van der Waals surface area contributed by atoms with E-state index in [1.807, 2.05) is 12.2 Å². The quantitative estimate of drug-likeness (QED) is 0.719. The van der Waals surface area contributed by atoms with Crippen LogP contribution in [0.3, 0.4) is 0 Å². The fourth-order valence-corrected chi connectivity index (χ4v) is 2.01. The molecule has 1 fully saturated rings. The molecule has 3 heteroatoms. The van der Waals surface area contributed by atoms with Crippen molar-refractivity contribution in [2.75, 3.05) is 0 Å². The van der Waals surface area contributed by atoms with Crippen LogP contribution in [0.5, 0.6) is 0 Å². The van der Waals surface area contributed by atoms with Crippen LogP contribution in [-0.2, 0) is 4.79 Å². The van der Waals surface area contributed by atoms with Crippen LogP contribution in [0.25, 0.3) is 0 Å². The number of carbonyl (C=O) groups is 1. The summed E-state index contributed by atoms with van der Waals surface area (Å²) in [5.74, 6) is -0.214. The predicted octanol–water partition coefficient (Wildman–Crippen LogP) is 1.73. The average Bonchev–Trinajstić information content (AvgIpc) is 2.97. The number of aliphatic carboxylic acids is 1. The van der Waals surface area contributed by atoms with Crippen LogP contribution in [0.4, 0.5) is 0 Å². The first-order valence-electron chi connectivity index (χ1n) is 4.73. The molecule has 3 atom stereocenters. The van der Waals surface area contributed by atoms with Crippen LogP contribution in [0.1, 0.15) is 12.8 Å². The topological polar surface area (TPSA) is 61.1 Å². The Balaban J connectivity index is 1.94. The molecule has 0 bridgehead atoms. The number of carboxylic acids is 1. The maximum absolute atomic E-state index is 10.6. The molecule has 0 aromatic heterocycles. The molecule has 0 spiro atoms. The van der Waals surface area contributed by atoms with Crippen LogP contribution >= 0.6 is 0 Å². The lowest BCUT2D eigenvalue weighted by Gasteiger charge is -2.12. The van der Waals surface area contributed by atoms with Crippen LogP contribution < -0.4 is 0 Å². The van der Waals surface area contributed by atoms with Gasteiger partial charge in [-0.2, -0.15) is 5.26 Å². The molecule has 0 aromatic carbocycles. The third-order valence-electron chi connectivity index (χ3n) is 2.97. The second kappa shape index (κ2) is 3.30. The highest BCUT2D eigenvalue weighted by Gasteiger charge is 2.46. The first kappa shape index (κ1) is 9.01. The van der Waals surface area contributed by atoms with Gasteiger partial charge in [-0.25, -0.2) is 0 Å². The minimum atomic E-state index is -0.682. The second-order valence-electron chi connectivity index (χ2n) is 3.87. The smallest absolute Gasteiger partial charge is 0.306 e. The van der Waals surface area contributed by atoms with Crippen molar-refractivity contribution in [2.45, 2.75) is 12.8 Å². The van der Waals surface area contributed by atoms with E-state index in [4.69, 9.17) is 10.4 Å². The van der Waals surface area contributed by atoms with E-state index in [9.17, 15) is 4.79 Å². The van der Waals surface area contributed by atoms with Crippen molar-refractivity contribution in [3.63, 3.8) is 0 Å². The van der Waals surface area contributed by atoms with E-state index in [2.05, 4.69) is 6.07 Å². The molecule has 0 heterocycles. The van der Waals surface area contributed by atoms with Crippen molar-refractivity contribution in [1.29, 1.82) is 5.26 Å². The highest BCUT2D eigenvalue weighted by Crippen LogP contribution is 2.47. The lowest BCUT2D eigenvalue weighted by atomic mass is 9.92. The molecule has 0 saturated heterocycles. The van der Waals surface area contributed by atoms with Gasteiger partial charge in [-0.3, -0.25) is 4.79 Å². The molecule has 2 rings (SSSR count). The zero-order valence-corrected chi connectivity index (χ0v) is 7.68. The maximum Gasteiger partial charge on any atom is 0.306 e. The fourth-order valence-electron chi connectivity index (χ4n) is 2.01. The summed E-state index contributed by atoms with van der Waals surface area (Å²) in [7, 11) is 0. The number of nitrogens with zero attached hydrogens (tertiary/aromatic N) is 1. The maximum atomic E-state index is 10.6. The fraction of sp³-hybridized carbons (Fsp3) is 0.455. The Bertz CT molecular complexity index is 362. The zero-order chi connectivity index (χ0) is 10.1. The predicted molar refractivity (Wildman–Crippen MR) is 50.2 cm³/mol. The van der Waals surface area contributed by atoms with E-state index in [1.54, 1.807) is 6.08 Å². The second-order valence-corrected chi connectivity index (χ2v) is 3.87. The van der Waals surface area contributed by atoms with Gasteiger partial charge in [0.05, 0.1) is 12.0 Å². The third-order valence-corrected chi connectivity index (χ3v) is 2.97. The van der Waals surface area contributed by atoms with Crippen molar-refractivity contribution < 1.29 is 9.90 Å². The molecule has 0 amide bonds. The Morgan fingerprint density at radius 3 is 2.86 bits per heavy atom. The summed E-state index contributed by atoms with van der Waals surface area (Å²) >= 11 is 0. The molecule has 2 aliphatic rings. The zero-order valence-electron chi connectivity index (χ0n) is 7.68. The molecule has 3 nitrogen and oxygen atoms in total. The Labute approximate surface area is 82.3 Å². The van der Waals surface area contributed by atoms with Gasteiger partial charge >= 0.3 is 5.97 Å². The summed E-state index contributed by atoms with van der Waals surface area (Å²) in [6.07, 6.45) is 7.27. The van der Waals surface area contributed by atoms with Gasteiger partial charge in [0, 0.05) is 5.57 Å². The number of hydrogen-bond acceptors (Lipinski definition) is 2. The molecule has 0 aliphatic heterocycles. The van der Waals surface area contributed by atoms with Crippen molar-refractivity contribution in [2.24, 2.45) is 17.8 Å². The van der Waals surface area contributed by atoms with Crippen LogP contribution in [-0.4, -0.2) is 11.1 Å². The molecule has 1 N–H and O–H groups in total. The van der Waals surface area contributed by atoms with Gasteiger partial charge in [-0.1, -0.05) is 12.2 Å². The number of hydrogen-bond donors (Lipinski definition) is 1. The van der Waals surface area contributed by atoms with Crippen LogP contribution in [0.15, 0.2) is 23.8 Å². The molecular weight excluding hydrogens is 178 g/mol. The Morgan fingerprint density at radius 2 is 2.43 bits per heavy atom. The van der Waals surface area contributed by atoms with Gasteiger partial charge in [0.2, 0.25) is 0 Å². The first-order chi connectivity index (χ1) is 6.72. The van der Waals surface area contributed by atoms with E-state index >= 15 is 0 Å². The SMILES string of the molecule is N#CC1=CCC(C2CC2C(=O)O)C=C1. The van der Waals surface area contributed by atoms with Crippen molar-refractivity contribution in [3.05, 3.63) is 23.8 Å². The molecular formula is C11H11NO2. The van der Waals surface area contributed by atoms with E-state index in [-0.39, 0.29) is 5.92 Å². The van der Waals surface area contributed by atoms with Gasteiger partial charge in [-0.05, 0) is 30.8 Å². The minimum Gasteiger partial charge on any atom is -0.481 e. The monoisotopic (exact) mass is 189 g/mol. The standard InChI is InChI=1S/C11H11NO2/c12-6-7-1-3-8(4-2-7)9-5-10(9)11(13)14/h1-3,8-10H,4-5H2,(H,13,14). The highest BCUT2D eigenvalue weighted by atomic mass is 16.4. The Kier molecular flexibility index (Phi) is 2.12. The van der Waals surface area contributed by atoms with Crippen LogP contribution in [0, 0.1) is 29.1 Å².